The van der Waals surface area contributed by atoms with Crippen LogP contribution in [0.3, 0.4) is 0 Å². The second-order valence-corrected chi connectivity index (χ2v) is 4.24. The van der Waals surface area contributed by atoms with Crippen LogP contribution in [0.1, 0.15) is 18.1 Å². The highest BCUT2D eigenvalue weighted by molar-refractivity contribution is 5.38. The van der Waals surface area contributed by atoms with Gasteiger partial charge < -0.3 is 10.1 Å². The molecule has 2 nitrogen and oxygen atoms in total. The van der Waals surface area contributed by atoms with E-state index in [1.165, 1.54) is 11.1 Å². The van der Waals surface area contributed by atoms with E-state index in [9.17, 15) is 0 Å². The van der Waals surface area contributed by atoms with Crippen LogP contribution >= 0.6 is 0 Å². The fourth-order valence-corrected chi connectivity index (χ4v) is 1.90. The molecule has 0 aliphatic heterocycles. The molecule has 1 N–H and O–H groups in total. The zero-order valence-corrected chi connectivity index (χ0v) is 10.9. The lowest BCUT2D eigenvalue weighted by atomic mass is 10.1. The van der Waals surface area contributed by atoms with E-state index in [2.05, 4.69) is 30.4 Å². The van der Waals surface area contributed by atoms with Crippen molar-refractivity contribution in [2.75, 3.05) is 7.05 Å². The van der Waals surface area contributed by atoms with Crippen LogP contribution in [0.15, 0.2) is 48.5 Å². The van der Waals surface area contributed by atoms with Crippen LogP contribution in [0, 0.1) is 0 Å². The van der Waals surface area contributed by atoms with Gasteiger partial charge in [0.15, 0.2) is 0 Å². The average Bonchev–Trinajstić information content (AvgIpc) is 2.42. The maximum atomic E-state index is 5.91. The van der Waals surface area contributed by atoms with Gasteiger partial charge in [0.25, 0.3) is 0 Å². The van der Waals surface area contributed by atoms with Crippen molar-refractivity contribution in [2.45, 2.75) is 19.9 Å². The topological polar surface area (TPSA) is 21.3 Å². The summed E-state index contributed by atoms with van der Waals surface area (Å²) >= 11 is 0. The molecule has 0 spiro atoms. The SMILES string of the molecule is CCc1ccccc1Oc1ccc(CNC)cc1. The first kappa shape index (κ1) is 12.7. The van der Waals surface area contributed by atoms with Crippen molar-refractivity contribution in [3.05, 3.63) is 59.7 Å². The molecule has 0 unspecified atom stereocenters. The lowest BCUT2D eigenvalue weighted by Gasteiger charge is -2.10. The largest absolute Gasteiger partial charge is 0.457 e. The summed E-state index contributed by atoms with van der Waals surface area (Å²) in [6.45, 7) is 3.02. The molecule has 0 saturated carbocycles. The number of hydrogen-bond donors (Lipinski definition) is 1. The first-order valence-electron chi connectivity index (χ1n) is 6.32. The van der Waals surface area contributed by atoms with Gasteiger partial charge in [-0.15, -0.1) is 0 Å². The molecular weight excluding hydrogens is 222 g/mol. The fraction of sp³-hybridized carbons (Fsp3) is 0.250. The normalized spacial score (nSPS) is 10.3. The summed E-state index contributed by atoms with van der Waals surface area (Å²) in [5.41, 5.74) is 2.49. The van der Waals surface area contributed by atoms with Crippen LogP contribution in [0.5, 0.6) is 11.5 Å². The van der Waals surface area contributed by atoms with Gasteiger partial charge in [0, 0.05) is 6.54 Å². The maximum absolute atomic E-state index is 5.91. The van der Waals surface area contributed by atoms with Crippen LogP contribution in [-0.2, 0) is 13.0 Å². The van der Waals surface area contributed by atoms with Crippen molar-refractivity contribution in [3.8, 4) is 11.5 Å². The van der Waals surface area contributed by atoms with E-state index in [1.807, 2.05) is 37.4 Å². The van der Waals surface area contributed by atoms with Gasteiger partial charge >= 0.3 is 0 Å². The van der Waals surface area contributed by atoms with E-state index in [-0.39, 0.29) is 0 Å². The molecule has 0 bridgehead atoms. The average molecular weight is 241 g/mol. The Kier molecular flexibility index (Phi) is 4.37. The Labute approximate surface area is 109 Å². The lowest BCUT2D eigenvalue weighted by Crippen LogP contribution is -2.04. The molecule has 0 aliphatic rings. The molecule has 2 rings (SSSR count). The molecule has 0 aliphatic carbocycles. The highest BCUT2D eigenvalue weighted by Gasteiger charge is 2.02. The van der Waals surface area contributed by atoms with Crippen LogP contribution in [0.2, 0.25) is 0 Å². The minimum absolute atomic E-state index is 0.881. The van der Waals surface area contributed by atoms with Gasteiger partial charge in [-0.1, -0.05) is 37.3 Å². The Bertz CT molecular complexity index is 491. The van der Waals surface area contributed by atoms with Gasteiger partial charge in [-0.05, 0) is 42.8 Å². The summed E-state index contributed by atoms with van der Waals surface area (Å²) in [6.07, 6.45) is 0.980. The second kappa shape index (κ2) is 6.22. The smallest absolute Gasteiger partial charge is 0.130 e. The van der Waals surface area contributed by atoms with Crippen LogP contribution in [0.4, 0.5) is 0 Å². The van der Waals surface area contributed by atoms with E-state index in [4.69, 9.17) is 4.74 Å². The molecule has 0 radical (unpaired) electrons. The lowest BCUT2D eigenvalue weighted by molar-refractivity contribution is 0.476. The number of benzene rings is 2. The molecule has 18 heavy (non-hydrogen) atoms. The molecule has 2 heteroatoms. The maximum Gasteiger partial charge on any atom is 0.130 e. The van der Waals surface area contributed by atoms with E-state index in [1.54, 1.807) is 0 Å². The Morgan fingerprint density at radius 2 is 1.72 bits per heavy atom. The molecule has 0 fully saturated rings. The van der Waals surface area contributed by atoms with Crippen molar-refractivity contribution in [2.24, 2.45) is 0 Å². The van der Waals surface area contributed by atoms with Gasteiger partial charge in [-0.3, -0.25) is 0 Å². The summed E-state index contributed by atoms with van der Waals surface area (Å²) in [4.78, 5) is 0. The standard InChI is InChI=1S/C16H19NO/c1-3-14-6-4-5-7-16(14)18-15-10-8-13(9-11-15)12-17-2/h4-11,17H,3,12H2,1-2H3. The van der Waals surface area contributed by atoms with Crippen LogP contribution in [-0.4, -0.2) is 7.05 Å². The van der Waals surface area contributed by atoms with Gasteiger partial charge in [-0.25, -0.2) is 0 Å². The predicted molar refractivity (Wildman–Crippen MR) is 75.1 cm³/mol. The van der Waals surface area contributed by atoms with E-state index < -0.39 is 0 Å². The number of para-hydroxylation sites is 1. The molecule has 0 heterocycles. The van der Waals surface area contributed by atoms with Crippen LogP contribution in [0.25, 0.3) is 0 Å². The third-order valence-corrected chi connectivity index (χ3v) is 2.89. The summed E-state index contributed by atoms with van der Waals surface area (Å²) in [7, 11) is 1.95. The molecule has 0 amide bonds. The van der Waals surface area contributed by atoms with Crippen molar-refractivity contribution < 1.29 is 4.74 Å². The highest BCUT2D eigenvalue weighted by Crippen LogP contribution is 2.25. The number of ether oxygens (including phenoxy) is 1. The van der Waals surface area contributed by atoms with Crippen molar-refractivity contribution in [1.29, 1.82) is 0 Å². The minimum Gasteiger partial charge on any atom is -0.457 e. The van der Waals surface area contributed by atoms with E-state index >= 15 is 0 Å². The molecule has 2 aromatic carbocycles. The molecule has 0 atom stereocenters. The van der Waals surface area contributed by atoms with Crippen LogP contribution < -0.4 is 10.1 Å². The molecule has 94 valence electrons. The molecule has 0 aromatic heterocycles. The number of rotatable bonds is 5. The zero-order chi connectivity index (χ0) is 12.8. The number of aryl methyl sites for hydroxylation is 1. The Hall–Kier alpha value is -1.80. The highest BCUT2D eigenvalue weighted by atomic mass is 16.5. The summed E-state index contributed by atoms with van der Waals surface area (Å²) in [5.74, 6) is 1.83. The predicted octanol–water partition coefficient (Wildman–Crippen LogP) is 3.76. The van der Waals surface area contributed by atoms with Crippen molar-refractivity contribution in [1.82, 2.24) is 5.32 Å². The second-order valence-electron chi connectivity index (χ2n) is 4.24. The fourth-order valence-electron chi connectivity index (χ4n) is 1.90. The number of nitrogens with one attached hydrogen (secondary N) is 1. The van der Waals surface area contributed by atoms with E-state index in [0.717, 1.165) is 24.5 Å². The quantitative estimate of drug-likeness (QED) is 0.860. The Balaban J connectivity index is 2.13. The molecule has 0 saturated heterocycles. The van der Waals surface area contributed by atoms with Crippen molar-refractivity contribution >= 4 is 0 Å². The number of hydrogen-bond acceptors (Lipinski definition) is 2. The van der Waals surface area contributed by atoms with Crippen molar-refractivity contribution in [3.63, 3.8) is 0 Å². The molecular formula is C16H19NO. The Morgan fingerprint density at radius 3 is 2.39 bits per heavy atom. The summed E-state index contributed by atoms with van der Waals surface area (Å²) in [6, 6.07) is 16.4. The first-order valence-corrected chi connectivity index (χ1v) is 6.32. The molecule has 2 aromatic rings. The Morgan fingerprint density at radius 1 is 1.00 bits per heavy atom. The zero-order valence-electron chi connectivity index (χ0n) is 10.9. The minimum atomic E-state index is 0.881. The van der Waals surface area contributed by atoms with E-state index in [0.29, 0.717) is 0 Å². The third kappa shape index (κ3) is 3.11. The van der Waals surface area contributed by atoms with Gasteiger partial charge in [0.1, 0.15) is 11.5 Å². The summed E-state index contributed by atoms with van der Waals surface area (Å²) < 4.78 is 5.91. The van der Waals surface area contributed by atoms with Gasteiger partial charge in [0.2, 0.25) is 0 Å². The monoisotopic (exact) mass is 241 g/mol. The third-order valence-electron chi connectivity index (χ3n) is 2.89. The van der Waals surface area contributed by atoms with Gasteiger partial charge in [0.05, 0.1) is 0 Å². The first-order chi connectivity index (χ1) is 8.83. The summed E-state index contributed by atoms with van der Waals surface area (Å²) in [5, 5.41) is 3.13. The van der Waals surface area contributed by atoms with Gasteiger partial charge in [-0.2, -0.15) is 0 Å².